The molecule has 0 amide bonds. The van der Waals surface area contributed by atoms with Crippen molar-refractivity contribution in [3.05, 3.63) is 29.8 Å². The van der Waals surface area contributed by atoms with Crippen molar-refractivity contribution < 1.29 is 14.3 Å². The van der Waals surface area contributed by atoms with Gasteiger partial charge in [-0.1, -0.05) is 18.2 Å². The van der Waals surface area contributed by atoms with Crippen molar-refractivity contribution in [2.45, 2.75) is 25.6 Å². The van der Waals surface area contributed by atoms with Crippen LogP contribution in [0, 0.1) is 5.92 Å². The van der Waals surface area contributed by atoms with Crippen molar-refractivity contribution in [1.82, 2.24) is 10.2 Å². The van der Waals surface area contributed by atoms with E-state index in [4.69, 9.17) is 21.7 Å². The number of esters is 1. The van der Waals surface area contributed by atoms with E-state index in [0.717, 1.165) is 11.3 Å². The summed E-state index contributed by atoms with van der Waals surface area (Å²) in [6.07, 6.45) is 0. The summed E-state index contributed by atoms with van der Waals surface area (Å²) in [7, 11) is 1.83. The number of benzene rings is 1. The molecule has 1 fully saturated rings. The van der Waals surface area contributed by atoms with Gasteiger partial charge in [0.2, 0.25) is 0 Å². The highest BCUT2D eigenvalue weighted by molar-refractivity contribution is 7.80. The summed E-state index contributed by atoms with van der Waals surface area (Å²) in [5.74, 6) is 0.0119. The van der Waals surface area contributed by atoms with Gasteiger partial charge in [0.05, 0.1) is 12.6 Å². The van der Waals surface area contributed by atoms with Crippen LogP contribution in [0.4, 0.5) is 0 Å². The highest BCUT2D eigenvalue weighted by Crippen LogP contribution is 2.47. The summed E-state index contributed by atoms with van der Waals surface area (Å²) in [4.78, 5) is 14.3. The third kappa shape index (κ3) is 1.97. The van der Waals surface area contributed by atoms with E-state index in [-0.39, 0.29) is 12.0 Å². The molecule has 6 heteroatoms. The van der Waals surface area contributed by atoms with E-state index in [2.05, 4.69) is 5.32 Å². The number of hydrogen-bond donors (Lipinski definition) is 1. The Morgan fingerprint density at radius 3 is 2.95 bits per heavy atom. The van der Waals surface area contributed by atoms with Crippen LogP contribution >= 0.6 is 12.2 Å². The smallest absolute Gasteiger partial charge is 0.317 e. The third-order valence-corrected chi connectivity index (χ3v) is 4.66. The first-order valence-electron chi connectivity index (χ1n) is 6.98. The minimum atomic E-state index is -0.854. The molecule has 21 heavy (non-hydrogen) atoms. The van der Waals surface area contributed by atoms with Crippen LogP contribution in [0.1, 0.15) is 25.5 Å². The summed E-state index contributed by atoms with van der Waals surface area (Å²) >= 11 is 5.37. The van der Waals surface area contributed by atoms with Crippen LogP contribution in [-0.2, 0) is 9.53 Å². The van der Waals surface area contributed by atoms with Crippen LogP contribution in [0.5, 0.6) is 5.75 Å². The van der Waals surface area contributed by atoms with Crippen molar-refractivity contribution in [3.8, 4) is 5.75 Å². The highest BCUT2D eigenvalue weighted by Gasteiger charge is 2.58. The van der Waals surface area contributed by atoms with Crippen LogP contribution < -0.4 is 10.1 Å². The minimum Gasteiger partial charge on any atom is -0.467 e. The van der Waals surface area contributed by atoms with Crippen LogP contribution in [0.3, 0.4) is 0 Å². The molecule has 0 aliphatic carbocycles. The SMILES string of the molecule is CCOC(=O)[C@@H]1[C@H]2NC(=S)N(C)[C@@]1(C)Oc1ccccc12. The van der Waals surface area contributed by atoms with E-state index in [1.54, 1.807) is 11.8 Å². The molecule has 5 nitrogen and oxygen atoms in total. The Kier molecular flexibility index (Phi) is 3.28. The number of nitrogens with one attached hydrogen (secondary N) is 1. The van der Waals surface area contributed by atoms with Gasteiger partial charge < -0.3 is 19.7 Å². The molecule has 2 bridgehead atoms. The molecule has 1 saturated heterocycles. The lowest BCUT2D eigenvalue weighted by atomic mass is 9.80. The van der Waals surface area contributed by atoms with Gasteiger partial charge >= 0.3 is 5.97 Å². The van der Waals surface area contributed by atoms with E-state index in [9.17, 15) is 4.79 Å². The van der Waals surface area contributed by atoms with Crippen molar-refractivity contribution >= 4 is 23.3 Å². The van der Waals surface area contributed by atoms with E-state index in [1.807, 2.05) is 38.2 Å². The molecular formula is C15H18N2O3S. The summed E-state index contributed by atoms with van der Waals surface area (Å²) < 4.78 is 11.4. The molecule has 1 aromatic rings. The summed E-state index contributed by atoms with van der Waals surface area (Å²) in [5.41, 5.74) is 0.0802. The van der Waals surface area contributed by atoms with Crippen molar-refractivity contribution in [2.75, 3.05) is 13.7 Å². The molecule has 0 saturated carbocycles. The van der Waals surface area contributed by atoms with Gasteiger partial charge in [-0.2, -0.15) is 0 Å². The van der Waals surface area contributed by atoms with Crippen LogP contribution in [0.15, 0.2) is 24.3 Å². The molecule has 2 aliphatic rings. The molecule has 3 atom stereocenters. The summed E-state index contributed by atoms with van der Waals surface area (Å²) in [6.45, 7) is 4.02. The molecule has 0 radical (unpaired) electrons. The van der Waals surface area contributed by atoms with Gasteiger partial charge in [0.25, 0.3) is 0 Å². The van der Waals surface area contributed by atoms with Gasteiger partial charge in [-0.05, 0) is 32.1 Å². The second-order valence-electron chi connectivity index (χ2n) is 5.41. The first-order valence-corrected chi connectivity index (χ1v) is 7.38. The van der Waals surface area contributed by atoms with Crippen molar-refractivity contribution in [3.63, 3.8) is 0 Å². The normalized spacial score (nSPS) is 30.0. The lowest BCUT2D eigenvalue weighted by Crippen LogP contribution is -2.70. The number of carbonyl (C=O) groups is 1. The zero-order valence-corrected chi connectivity index (χ0v) is 13.1. The number of rotatable bonds is 2. The van der Waals surface area contributed by atoms with Gasteiger partial charge in [-0.15, -0.1) is 0 Å². The molecule has 0 spiro atoms. The van der Waals surface area contributed by atoms with E-state index in [0.29, 0.717) is 11.7 Å². The van der Waals surface area contributed by atoms with Gasteiger partial charge in [0.1, 0.15) is 11.7 Å². The first-order chi connectivity index (χ1) is 9.99. The maximum absolute atomic E-state index is 12.5. The van der Waals surface area contributed by atoms with Gasteiger partial charge in [-0.25, -0.2) is 0 Å². The van der Waals surface area contributed by atoms with Crippen molar-refractivity contribution in [2.24, 2.45) is 5.92 Å². The molecule has 0 aromatic heterocycles. The van der Waals surface area contributed by atoms with E-state index >= 15 is 0 Å². The second-order valence-corrected chi connectivity index (χ2v) is 5.80. The maximum atomic E-state index is 12.5. The highest BCUT2D eigenvalue weighted by atomic mass is 32.1. The molecule has 3 rings (SSSR count). The average Bonchev–Trinajstić information content (AvgIpc) is 2.45. The fraction of sp³-hybridized carbons (Fsp3) is 0.467. The predicted octanol–water partition coefficient (Wildman–Crippen LogP) is 1.84. The Balaban J connectivity index is 2.13. The lowest BCUT2D eigenvalue weighted by molar-refractivity contribution is -0.173. The summed E-state index contributed by atoms with van der Waals surface area (Å²) in [5, 5.41) is 3.81. The Labute approximate surface area is 129 Å². The predicted molar refractivity (Wildman–Crippen MR) is 81.8 cm³/mol. The lowest BCUT2D eigenvalue weighted by Gasteiger charge is -2.54. The molecule has 1 N–H and O–H groups in total. The number of nitrogens with zero attached hydrogens (tertiary/aromatic N) is 1. The van der Waals surface area contributed by atoms with Crippen LogP contribution in [-0.4, -0.2) is 35.4 Å². The molecule has 1 aromatic carbocycles. The molecular weight excluding hydrogens is 288 g/mol. The topological polar surface area (TPSA) is 50.8 Å². The fourth-order valence-electron chi connectivity index (χ4n) is 3.06. The number of hydrogen-bond acceptors (Lipinski definition) is 4. The molecule has 112 valence electrons. The second kappa shape index (κ2) is 4.87. The van der Waals surface area contributed by atoms with Gasteiger partial charge in [-0.3, -0.25) is 4.79 Å². The Bertz CT molecular complexity index is 606. The fourth-order valence-corrected chi connectivity index (χ4v) is 3.37. The number of ether oxygens (including phenoxy) is 2. The van der Waals surface area contributed by atoms with E-state index < -0.39 is 11.6 Å². The number of para-hydroxylation sites is 1. The molecule has 2 aliphatic heterocycles. The van der Waals surface area contributed by atoms with Crippen molar-refractivity contribution in [1.29, 1.82) is 0 Å². The number of fused-ring (bicyclic) bond motifs is 4. The average molecular weight is 306 g/mol. The zero-order chi connectivity index (χ0) is 15.2. The third-order valence-electron chi connectivity index (χ3n) is 4.27. The largest absolute Gasteiger partial charge is 0.467 e. The maximum Gasteiger partial charge on any atom is 0.317 e. The monoisotopic (exact) mass is 306 g/mol. The van der Waals surface area contributed by atoms with Crippen LogP contribution in [0.25, 0.3) is 0 Å². The standard InChI is InChI=1S/C15H18N2O3S/c1-4-19-13(18)11-12-9-7-5-6-8-10(9)20-15(11,2)17(3)14(21)16-12/h5-8,11-12H,4H2,1-3H3,(H,16,21)/t11-,12-,15-/m0/s1. The zero-order valence-electron chi connectivity index (χ0n) is 12.3. The number of thiocarbonyl (C=S) groups is 1. The molecule has 2 heterocycles. The van der Waals surface area contributed by atoms with Crippen LogP contribution in [0.2, 0.25) is 0 Å². The van der Waals surface area contributed by atoms with Gasteiger partial charge in [0, 0.05) is 12.6 Å². The Hall–Kier alpha value is -1.82. The molecule has 0 unspecified atom stereocenters. The quantitative estimate of drug-likeness (QED) is 0.664. The first kappa shape index (κ1) is 14.1. The summed E-state index contributed by atoms with van der Waals surface area (Å²) in [6, 6.07) is 7.47. The Morgan fingerprint density at radius 2 is 2.24 bits per heavy atom. The number of carbonyl (C=O) groups excluding carboxylic acids is 1. The van der Waals surface area contributed by atoms with E-state index in [1.165, 1.54) is 0 Å². The van der Waals surface area contributed by atoms with Gasteiger partial charge in [0.15, 0.2) is 10.8 Å². The minimum absolute atomic E-state index is 0.234. The Morgan fingerprint density at radius 1 is 1.52 bits per heavy atom.